The quantitative estimate of drug-likeness (QED) is 0.815. The van der Waals surface area contributed by atoms with Gasteiger partial charge in [0.25, 0.3) is 0 Å². The first-order valence-corrected chi connectivity index (χ1v) is 9.08. The molecule has 9 nitrogen and oxygen atoms in total. The summed E-state index contributed by atoms with van der Waals surface area (Å²) in [6.45, 7) is 2.50. The molecule has 1 fully saturated rings. The van der Waals surface area contributed by atoms with Crippen molar-refractivity contribution in [2.45, 2.75) is 11.8 Å². The standard InChI is InChI=1S/C15H20N2O7S/c1-3-24-15(20)16-6-8-17(9-7-16)25(21,22)13-10-11(14(18)19)4-5-12(13)23-2/h4-5,10H,3,6-9H2,1-2H3,(H,18,19). The molecule has 0 saturated carbocycles. The Balaban J connectivity index is 2.24. The van der Waals surface area contributed by atoms with Crippen LogP contribution in [0.4, 0.5) is 4.79 Å². The van der Waals surface area contributed by atoms with Crippen LogP contribution in [0, 0.1) is 0 Å². The topological polar surface area (TPSA) is 113 Å². The lowest BCUT2D eigenvalue weighted by Crippen LogP contribution is -2.50. The van der Waals surface area contributed by atoms with Crippen LogP contribution in [0.25, 0.3) is 0 Å². The van der Waals surface area contributed by atoms with Gasteiger partial charge in [-0.15, -0.1) is 0 Å². The first kappa shape index (κ1) is 19.0. The van der Waals surface area contributed by atoms with Crippen LogP contribution >= 0.6 is 0 Å². The Labute approximate surface area is 145 Å². The third kappa shape index (κ3) is 4.02. The van der Waals surface area contributed by atoms with E-state index in [2.05, 4.69) is 0 Å². The molecular formula is C15H20N2O7S. The van der Waals surface area contributed by atoms with Crippen molar-refractivity contribution in [3.63, 3.8) is 0 Å². The fraction of sp³-hybridized carbons (Fsp3) is 0.467. The van der Waals surface area contributed by atoms with Crippen molar-refractivity contribution in [1.82, 2.24) is 9.21 Å². The minimum absolute atomic E-state index is 0.0674. The summed E-state index contributed by atoms with van der Waals surface area (Å²) >= 11 is 0. The second-order valence-corrected chi connectivity index (χ2v) is 7.17. The van der Waals surface area contributed by atoms with Crippen molar-refractivity contribution in [2.75, 3.05) is 39.9 Å². The highest BCUT2D eigenvalue weighted by molar-refractivity contribution is 7.89. The lowest BCUT2D eigenvalue weighted by atomic mass is 10.2. The van der Waals surface area contributed by atoms with Gasteiger partial charge in [0, 0.05) is 26.2 Å². The van der Waals surface area contributed by atoms with E-state index in [4.69, 9.17) is 14.6 Å². The molecule has 25 heavy (non-hydrogen) atoms. The van der Waals surface area contributed by atoms with Crippen molar-refractivity contribution in [2.24, 2.45) is 0 Å². The molecule has 0 radical (unpaired) electrons. The van der Waals surface area contributed by atoms with Gasteiger partial charge in [0.15, 0.2) is 0 Å². The molecule has 0 aliphatic carbocycles. The molecule has 1 amide bonds. The zero-order chi connectivity index (χ0) is 18.6. The molecule has 138 valence electrons. The number of nitrogens with zero attached hydrogens (tertiary/aromatic N) is 2. The second-order valence-electron chi connectivity index (χ2n) is 5.26. The van der Waals surface area contributed by atoms with E-state index >= 15 is 0 Å². The number of hydrogen-bond donors (Lipinski definition) is 1. The van der Waals surface area contributed by atoms with E-state index in [1.54, 1.807) is 6.92 Å². The normalized spacial score (nSPS) is 15.7. The average Bonchev–Trinajstić information content (AvgIpc) is 2.61. The van der Waals surface area contributed by atoms with Gasteiger partial charge in [0.1, 0.15) is 10.6 Å². The number of rotatable bonds is 5. The Morgan fingerprint density at radius 3 is 2.36 bits per heavy atom. The summed E-state index contributed by atoms with van der Waals surface area (Å²) in [5.74, 6) is -1.16. The van der Waals surface area contributed by atoms with Crippen LogP contribution in [0.3, 0.4) is 0 Å². The third-order valence-corrected chi connectivity index (χ3v) is 5.71. The molecule has 1 N–H and O–H groups in total. The summed E-state index contributed by atoms with van der Waals surface area (Å²) in [5, 5.41) is 9.09. The Morgan fingerprint density at radius 1 is 1.20 bits per heavy atom. The molecule has 10 heteroatoms. The largest absolute Gasteiger partial charge is 0.495 e. The minimum atomic E-state index is -3.96. The molecule has 1 aliphatic heterocycles. The van der Waals surface area contributed by atoms with E-state index in [0.717, 1.165) is 6.07 Å². The predicted molar refractivity (Wildman–Crippen MR) is 87.3 cm³/mol. The maximum absolute atomic E-state index is 12.9. The van der Waals surface area contributed by atoms with Gasteiger partial charge in [0.2, 0.25) is 10.0 Å². The number of ether oxygens (including phenoxy) is 2. The number of benzene rings is 1. The number of amides is 1. The predicted octanol–water partition coefficient (Wildman–Crippen LogP) is 0.856. The van der Waals surface area contributed by atoms with Gasteiger partial charge >= 0.3 is 12.1 Å². The second kappa shape index (κ2) is 7.70. The minimum Gasteiger partial charge on any atom is -0.495 e. The number of carbonyl (C=O) groups is 2. The maximum atomic E-state index is 12.9. The maximum Gasteiger partial charge on any atom is 0.409 e. The number of carboxylic acids is 1. The molecule has 1 heterocycles. The van der Waals surface area contributed by atoms with Crippen LogP contribution < -0.4 is 4.74 Å². The van der Waals surface area contributed by atoms with E-state index < -0.39 is 22.1 Å². The molecule has 0 bridgehead atoms. The van der Waals surface area contributed by atoms with Crippen LogP contribution in [0.2, 0.25) is 0 Å². The molecular weight excluding hydrogens is 352 g/mol. The monoisotopic (exact) mass is 372 g/mol. The Hall–Kier alpha value is -2.33. The molecule has 1 saturated heterocycles. The Kier molecular flexibility index (Phi) is 5.85. The highest BCUT2D eigenvalue weighted by Gasteiger charge is 2.33. The number of hydrogen-bond acceptors (Lipinski definition) is 6. The van der Waals surface area contributed by atoms with Gasteiger partial charge in [-0.2, -0.15) is 4.31 Å². The van der Waals surface area contributed by atoms with Crippen molar-refractivity contribution in [1.29, 1.82) is 0 Å². The SMILES string of the molecule is CCOC(=O)N1CCN(S(=O)(=O)c2cc(C(=O)O)ccc2OC)CC1. The fourth-order valence-corrected chi connectivity index (χ4v) is 4.08. The molecule has 1 aromatic carbocycles. The summed E-state index contributed by atoms with van der Waals surface area (Å²) in [7, 11) is -2.64. The summed E-state index contributed by atoms with van der Waals surface area (Å²) in [5.41, 5.74) is -0.149. The lowest BCUT2D eigenvalue weighted by Gasteiger charge is -2.33. The Bertz CT molecular complexity index is 755. The highest BCUT2D eigenvalue weighted by atomic mass is 32.2. The van der Waals surface area contributed by atoms with Gasteiger partial charge in [-0.25, -0.2) is 18.0 Å². The summed E-state index contributed by atoms with van der Waals surface area (Å²) in [6.07, 6.45) is -0.481. The average molecular weight is 372 g/mol. The Morgan fingerprint density at radius 2 is 1.84 bits per heavy atom. The number of piperazine rings is 1. The highest BCUT2D eigenvalue weighted by Crippen LogP contribution is 2.28. The van der Waals surface area contributed by atoms with Crippen molar-refractivity contribution in [3.8, 4) is 5.75 Å². The van der Waals surface area contributed by atoms with E-state index in [1.807, 2.05) is 0 Å². The molecule has 0 atom stereocenters. The molecule has 1 aromatic rings. The van der Waals surface area contributed by atoms with E-state index in [1.165, 1.54) is 28.4 Å². The van der Waals surface area contributed by atoms with Crippen LogP contribution in [-0.4, -0.2) is 74.7 Å². The first-order valence-electron chi connectivity index (χ1n) is 7.64. The van der Waals surface area contributed by atoms with Gasteiger partial charge in [-0.1, -0.05) is 0 Å². The molecule has 0 unspecified atom stereocenters. The van der Waals surface area contributed by atoms with Crippen molar-refractivity contribution in [3.05, 3.63) is 23.8 Å². The van der Waals surface area contributed by atoms with Gasteiger partial charge in [-0.3, -0.25) is 0 Å². The zero-order valence-electron chi connectivity index (χ0n) is 14.0. The van der Waals surface area contributed by atoms with Crippen molar-refractivity contribution >= 4 is 22.1 Å². The molecule has 0 spiro atoms. The summed E-state index contributed by atoms with van der Waals surface area (Å²) in [4.78, 5) is 24.0. The lowest BCUT2D eigenvalue weighted by molar-refractivity contribution is 0.0696. The van der Waals surface area contributed by atoms with E-state index in [0.29, 0.717) is 0 Å². The molecule has 1 aliphatic rings. The van der Waals surface area contributed by atoms with Crippen LogP contribution in [-0.2, 0) is 14.8 Å². The number of carbonyl (C=O) groups excluding carboxylic acids is 1. The number of sulfonamides is 1. The summed E-state index contributed by atoms with van der Waals surface area (Å²) < 4.78 is 36.9. The van der Waals surface area contributed by atoms with E-state index in [-0.39, 0.29) is 49.0 Å². The van der Waals surface area contributed by atoms with Crippen LogP contribution in [0.1, 0.15) is 17.3 Å². The first-order chi connectivity index (χ1) is 11.8. The zero-order valence-corrected chi connectivity index (χ0v) is 14.8. The number of aromatic carboxylic acids is 1. The molecule has 2 rings (SSSR count). The van der Waals surface area contributed by atoms with E-state index in [9.17, 15) is 18.0 Å². The number of carboxylic acid groups (broad SMARTS) is 1. The van der Waals surface area contributed by atoms with Gasteiger partial charge in [0.05, 0.1) is 19.3 Å². The smallest absolute Gasteiger partial charge is 0.409 e. The number of methoxy groups -OCH3 is 1. The van der Waals surface area contributed by atoms with Gasteiger partial charge in [-0.05, 0) is 25.1 Å². The van der Waals surface area contributed by atoms with Gasteiger partial charge < -0.3 is 19.5 Å². The van der Waals surface area contributed by atoms with Crippen molar-refractivity contribution < 1.29 is 32.6 Å². The van der Waals surface area contributed by atoms with Crippen LogP contribution in [0.15, 0.2) is 23.1 Å². The fourth-order valence-electron chi connectivity index (χ4n) is 2.48. The molecule has 0 aromatic heterocycles. The van der Waals surface area contributed by atoms with Crippen LogP contribution in [0.5, 0.6) is 5.75 Å². The summed E-state index contributed by atoms with van der Waals surface area (Å²) in [6, 6.07) is 3.66. The third-order valence-electron chi connectivity index (χ3n) is 3.79.